The highest BCUT2D eigenvalue weighted by Gasteiger charge is 2.17. The van der Waals surface area contributed by atoms with Crippen molar-refractivity contribution in [1.82, 2.24) is 4.98 Å². The molecular formula is C23H23N5O4S2. The first-order chi connectivity index (χ1) is 16.3. The molecule has 176 valence electrons. The Morgan fingerprint density at radius 3 is 2.50 bits per heavy atom. The third kappa shape index (κ3) is 4.95. The molecule has 2 aromatic heterocycles. The normalized spacial score (nSPS) is 11.4. The van der Waals surface area contributed by atoms with E-state index in [1.807, 2.05) is 18.2 Å². The minimum absolute atomic E-state index is 0.0339. The maximum atomic E-state index is 12.8. The standard InChI is InChI=1S/C23H23N5O4S2/c1-3-28(4-2)17-8-5-15-13-19(21(24)32-20(15)14-17)22(29)26-16-6-9-18(10-7-16)34(30,31)27-23-25-11-12-33-23/h5-14,24H,3-4H2,1-2H3,(H,25,27)(H,26,29). The highest BCUT2D eigenvalue weighted by atomic mass is 32.2. The van der Waals surface area contributed by atoms with Crippen LogP contribution in [0.5, 0.6) is 0 Å². The van der Waals surface area contributed by atoms with Crippen LogP contribution in [0.25, 0.3) is 11.0 Å². The molecule has 0 aliphatic rings. The number of hydrogen-bond acceptors (Lipinski definition) is 8. The van der Waals surface area contributed by atoms with Crippen molar-refractivity contribution >= 4 is 54.7 Å². The molecule has 0 aliphatic carbocycles. The van der Waals surface area contributed by atoms with Crippen molar-refractivity contribution in [2.45, 2.75) is 18.7 Å². The summed E-state index contributed by atoms with van der Waals surface area (Å²) in [7, 11) is -3.79. The van der Waals surface area contributed by atoms with Gasteiger partial charge in [0, 0.05) is 47.5 Å². The third-order valence-electron chi connectivity index (χ3n) is 5.20. The molecule has 2 heterocycles. The number of carbonyl (C=O) groups excluding carboxylic acids is 1. The highest BCUT2D eigenvalue weighted by Crippen LogP contribution is 2.23. The Morgan fingerprint density at radius 1 is 1.12 bits per heavy atom. The summed E-state index contributed by atoms with van der Waals surface area (Å²) in [5, 5.41) is 13.5. The molecule has 0 aliphatic heterocycles. The summed E-state index contributed by atoms with van der Waals surface area (Å²) in [6, 6.07) is 13.0. The summed E-state index contributed by atoms with van der Waals surface area (Å²) in [5.41, 5.74) is 1.71. The van der Waals surface area contributed by atoms with Gasteiger partial charge in [0.25, 0.3) is 15.9 Å². The fourth-order valence-electron chi connectivity index (χ4n) is 3.43. The molecule has 1 amide bonds. The third-order valence-corrected chi connectivity index (χ3v) is 7.38. The number of sulfonamides is 1. The van der Waals surface area contributed by atoms with E-state index in [4.69, 9.17) is 9.83 Å². The first-order valence-corrected chi connectivity index (χ1v) is 12.9. The van der Waals surface area contributed by atoms with Crippen molar-refractivity contribution in [1.29, 1.82) is 5.41 Å². The first-order valence-electron chi connectivity index (χ1n) is 10.5. The zero-order chi connectivity index (χ0) is 24.3. The number of rotatable bonds is 8. The topological polar surface area (TPSA) is 128 Å². The van der Waals surface area contributed by atoms with Crippen LogP contribution in [0.2, 0.25) is 0 Å². The van der Waals surface area contributed by atoms with Gasteiger partial charge in [-0.3, -0.25) is 14.9 Å². The van der Waals surface area contributed by atoms with E-state index in [1.165, 1.54) is 41.8 Å². The fourth-order valence-corrected chi connectivity index (χ4v) is 5.22. The van der Waals surface area contributed by atoms with Crippen LogP contribution < -0.4 is 20.5 Å². The Bertz CT molecular complexity index is 1480. The van der Waals surface area contributed by atoms with Crippen molar-refractivity contribution < 1.29 is 17.6 Å². The van der Waals surface area contributed by atoms with Crippen molar-refractivity contribution in [2.75, 3.05) is 28.0 Å². The number of amides is 1. The number of nitrogens with zero attached hydrogens (tertiary/aromatic N) is 2. The molecule has 3 N–H and O–H groups in total. The largest absolute Gasteiger partial charge is 0.438 e. The van der Waals surface area contributed by atoms with Gasteiger partial charge < -0.3 is 14.6 Å². The molecular weight excluding hydrogens is 474 g/mol. The van der Waals surface area contributed by atoms with Crippen LogP contribution in [-0.4, -0.2) is 32.4 Å². The quantitative estimate of drug-likeness (QED) is 0.334. The Kier molecular flexibility index (Phi) is 6.66. The Hall–Kier alpha value is -3.70. The van der Waals surface area contributed by atoms with Crippen LogP contribution in [0, 0.1) is 5.41 Å². The van der Waals surface area contributed by atoms with Crippen molar-refractivity contribution in [3.63, 3.8) is 0 Å². The second-order valence-electron chi connectivity index (χ2n) is 7.30. The molecule has 0 atom stereocenters. The molecule has 4 aromatic rings. The number of nitrogens with one attached hydrogen (secondary N) is 3. The average Bonchev–Trinajstić information content (AvgIpc) is 3.32. The molecule has 9 nitrogen and oxygen atoms in total. The lowest BCUT2D eigenvalue weighted by Gasteiger charge is -2.21. The zero-order valence-corrected chi connectivity index (χ0v) is 20.2. The van der Waals surface area contributed by atoms with Gasteiger partial charge in [-0.2, -0.15) is 0 Å². The van der Waals surface area contributed by atoms with Gasteiger partial charge in [-0.05, 0) is 56.3 Å². The summed E-state index contributed by atoms with van der Waals surface area (Å²) in [4.78, 5) is 18.9. The predicted molar refractivity (Wildman–Crippen MR) is 133 cm³/mol. The monoisotopic (exact) mass is 497 g/mol. The number of fused-ring (bicyclic) bond motifs is 1. The molecule has 34 heavy (non-hydrogen) atoms. The molecule has 0 bridgehead atoms. The van der Waals surface area contributed by atoms with E-state index in [-0.39, 0.29) is 21.1 Å². The molecule has 2 aromatic carbocycles. The lowest BCUT2D eigenvalue weighted by molar-refractivity contribution is 0.102. The van der Waals surface area contributed by atoms with E-state index in [0.717, 1.165) is 18.8 Å². The lowest BCUT2D eigenvalue weighted by atomic mass is 10.1. The second-order valence-corrected chi connectivity index (χ2v) is 9.88. The number of aromatic nitrogens is 1. The van der Waals surface area contributed by atoms with E-state index in [1.54, 1.807) is 11.4 Å². The van der Waals surface area contributed by atoms with Crippen LogP contribution in [0.15, 0.2) is 69.4 Å². The Labute approximate surface area is 200 Å². The number of carbonyl (C=O) groups is 1. The van der Waals surface area contributed by atoms with Crippen molar-refractivity contribution in [3.8, 4) is 0 Å². The smallest absolute Gasteiger partial charge is 0.263 e. The number of benzene rings is 2. The Balaban J connectivity index is 1.53. The van der Waals surface area contributed by atoms with Crippen LogP contribution >= 0.6 is 11.3 Å². The van der Waals surface area contributed by atoms with Crippen molar-refractivity contribution in [3.05, 3.63) is 71.2 Å². The van der Waals surface area contributed by atoms with E-state index in [0.29, 0.717) is 16.7 Å². The SMILES string of the molecule is CCN(CC)c1ccc2cc(C(=O)Nc3ccc(S(=O)(=O)Nc4nccs4)cc3)c(=N)oc2c1. The summed E-state index contributed by atoms with van der Waals surface area (Å²) in [5.74, 6) is -0.528. The summed E-state index contributed by atoms with van der Waals surface area (Å²) in [6.07, 6.45) is 1.50. The molecule has 0 unspecified atom stereocenters. The number of hydrogen-bond donors (Lipinski definition) is 3. The van der Waals surface area contributed by atoms with Crippen LogP contribution in [0.1, 0.15) is 24.2 Å². The maximum Gasteiger partial charge on any atom is 0.263 e. The maximum absolute atomic E-state index is 12.8. The molecule has 0 radical (unpaired) electrons. The van der Waals surface area contributed by atoms with Crippen molar-refractivity contribution in [2.24, 2.45) is 0 Å². The molecule has 0 spiro atoms. The summed E-state index contributed by atoms with van der Waals surface area (Å²) < 4.78 is 32.9. The minimum Gasteiger partial charge on any atom is -0.438 e. The molecule has 0 saturated heterocycles. The Morgan fingerprint density at radius 2 is 1.85 bits per heavy atom. The number of anilines is 3. The van der Waals surface area contributed by atoms with Gasteiger partial charge in [0.05, 0.1) is 4.90 Å². The van der Waals surface area contributed by atoms with E-state index >= 15 is 0 Å². The van der Waals surface area contributed by atoms with Gasteiger partial charge in [-0.1, -0.05) is 0 Å². The van der Waals surface area contributed by atoms with Crippen LogP contribution in [-0.2, 0) is 10.0 Å². The number of thiazole rings is 1. The van der Waals surface area contributed by atoms with Gasteiger partial charge in [-0.25, -0.2) is 13.4 Å². The van der Waals surface area contributed by atoms with E-state index in [2.05, 4.69) is 33.8 Å². The predicted octanol–water partition coefficient (Wildman–Crippen LogP) is 4.27. The molecule has 0 saturated carbocycles. The summed E-state index contributed by atoms with van der Waals surface area (Å²) >= 11 is 1.17. The van der Waals surface area contributed by atoms with Gasteiger partial charge in [0.1, 0.15) is 11.1 Å². The van der Waals surface area contributed by atoms with Gasteiger partial charge in [-0.15, -0.1) is 11.3 Å². The van der Waals surface area contributed by atoms with Gasteiger partial charge >= 0.3 is 0 Å². The lowest BCUT2D eigenvalue weighted by Crippen LogP contribution is -2.22. The fraction of sp³-hybridized carbons (Fsp3) is 0.174. The van der Waals surface area contributed by atoms with E-state index in [9.17, 15) is 13.2 Å². The van der Waals surface area contributed by atoms with E-state index < -0.39 is 15.9 Å². The second kappa shape index (κ2) is 9.65. The zero-order valence-electron chi connectivity index (χ0n) is 18.5. The van der Waals surface area contributed by atoms with Gasteiger partial charge in [0.2, 0.25) is 5.55 Å². The highest BCUT2D eigenvalue weighted by molar-refractivity contribution is 7.93. The van der Waals surface area contributed by atoms with Crippen LogP contribution in [0.4, 0.5) is 16.5 Å². The average molecular weight is 498 g/mol. The van der Waals surface area contributed by atoms with Crippen LogP contribution in [0.3, 0.4) is 0 Å². The summed E-state index contributed by atoms with van der Waals surface area (Å²) in [6.45, 7) is 5.82. The molecule has 11 heteroatoms. The molecule has 0 fully saturated rings. The minimum atomic E-state index is -3.79. The first kappa shape index (κ1) is 23.5. The molecule has 4 rings (SSSR count). The van der Waals surface area contributed by atoms with Gasteiger partial charge in [0.15, 0.2) is 5.13 Å².